The van der Waals surface area contributed by atoms with E-state index >= 15 is 0 Å². The summed E-state index contributed by atoms with van der Waals surface area (Å²) in [5.74, 6) is 1.08. The van der Waals surface area contributed by atoms with Crippen LogP contribution in [0.3, 0.4) is 0 Å². The number of thioether (sulfide) groups is 1. The summed E-state index contributed by atoms with van der Waals surface area (Å²) in [6.07, 6.45) is 3.80. The topological polar surface area (TPSA) is 55.6 Å². The van der Waals surface area contributed by atoms with Crippen LogP contribution in [0.25, 0.3) is 0 Å². The van der Waals surface area contributed by atoms with Gasteiger partial charge in [-0.3, -0.25) is 0 Å². The van der Waals surface area contributed by atoms with Crippen LogP contribution in [0.2, 0.25) is 0 Å². The second-order valence-corrected chi connectivity index (χ2v) is 4.82. The zero-order valence-electron chi connectivity index (χ0n) is 9.02. The van der Waals surface area contributed by atoms with Gasteiger partial charge in [-0.2, -0.15) is 0 Å². The summed E-state index contributed by atoms with van der Waals surface area (Å²) in [5.41, 5.74) is 0. The predicted octanol–water partition coefficient (Wildman–Crippen LogP) is 0.927. The van der Waals surface area contributed by atoms with Gasteiger partial charge in [-0.1, -0.05) is 18.7 Å². The second-order valence-electron chi connectivity index (χ2n) is 3.76. The zero-order chi connectivity index (χ0) is 10.5. The first-order valence-electron chi connectivity index (χ1n) is 5.52. The molecule has 5 nitrogen and oxygen atoms in total. The van der Waals surface area contributed by atoms with E-state index in [9.17, 15) is 0 Å². The van der Waals surface area contributed by atoms with Crippen molar-refractivity contribution < 1.29 is 0 Å². The van der Waals surface area contributed by atoms with Crippen molar-refractivity contribution >= 4 is 11.8 Å². The van der Waals surface area contributed by atoms with E-state index in [4.69, 9.17) is 0 Å². The van der Waals surface area contributed by atoms with Gasteiger partial charge in [-0.15, -0.1) is 5.10 Å². The monoisotopic (exact) mass is 227 g/mol. The summed E-state index contributed by atoms with van der Waals surface area (Å²) in [6, 6.07) is 0.758. The molecular formula is C9H17N5S. The number of aromatic nitrogens is 4. The lowest BCUT2D eigenvalue weighted by Crippen LogP contribution is -2.22. The highest BCUT2D eigenvalue weighted by molar-refractivity contribution is 7.99. The van der Waals surface area contributed by atoms with Crippen molar-refractivity contribution in [3.8, 4) is 0 Å². The quantitative estimate of drug-likeness (QED) is 0.702. The molecule has 0 aromatic carbocycles. The van der Waals surface area contributed by atoms with Gasteiger partial charge in [0.05, 0.1) is 6.54 Å². The lowest BCUT2D eigenvalue weighted by molar-refractivity contribution is 0.509. The summed E-state index contributed by atoms with van der Waals surface area (Å²) in [4.78, 5) is 0. The van der Waals surface area contributed by atoms with E-state index in [0.717, 1.165) is 36.5 Å². The summed E-state index contributed by atoms with van der Waals surface area (Å²) < 4.78 is 1.88. The average Bonchev–Trinajstić information content (AvgIpc) is 2.95. The first-order valence-corrected chi connectivity index (χ1v) is 6.51. The minimum atomic E-state index is 0.758. The second kappa shape index (κ2) is 5.46. The lowest BCUT2D eigenvalue weighted by atomic mass is 10.6. The molecule has 0 saturated heterocycles. The Labute approximate surface area is 94.0 Å². The van der Waals surface area contributed by atoms with E-state index in [1.165, 1.54) is 12.8 Å². The molecule has 0 unspecified atom stereocenters. The van der Waals surface area contributed by atoms with Crippen molar-refractivity contribution in [1.29, 1.82) is 0 Å². The highest BCUT2D eigenvalue weighted by atomic mass is 32.2. The minimum absolute atomic E-state index is 0.758. The zero-order valence-corrected chi connectivity index (χ0v) is 9.83. The van der Waals surface area contributed by atoms with Crippen LogP contribution in [0, 0.1) is 0 Å². The maximum absolute atomic E-state index is 4.00. The van der Waals surface area contributed by atoms with Crippen molar-refractivity contribution in [1.82, 2.24) is 25.5 Å². The molecular weight excluding hydrogens is 210 g/mol. The van der Waals surface area contributed by atoms with Gasteiger partial charge < -0.3 is 5.32 Å². The standard InChI is InChI=1S/C9H17N5S/c1-2-7-15-9-11-12-13-14(9)6-5-10-8-3-4-8/h8,10H,2-7H2,1H3. The Morgan fingerprint density at radius 1 is 1.53 bits per heavy atom. The molecule has 0 atom stereocenters. The summed E-state index contributed by atoms with van der Waals surface area (Å²) >= 11 is 1.73. The van der Waals surface area contributed by atoms with Crippen molar-refractivity contribution in [2.75, 3.05) is 12.3 Å². The van der Waals surface area contributed by atoms with Crippen LogP contribution >= 0.6 is 11.8 Å². The molecule has 1 aliphatic carbocycles. The number of hydrogen-bond acceptors (Lipinski definition) is 5. The Hall–Kier alpha value is -0.620. The molecule has 0 aliphatic heterocycles. The Bertz CT molecular complexity index is 296. The number of tetrazole rings is 1. The molecule has 6 heteroatoms. The van der Waals surface area contributed by atoms with Gasteiger partial charge in [0.25, 0.3) is 0 Å². The largest absolute Gasteiger partial charge is 0.312 e. The fraction of sp³-hybridized carbons (Fsp3) is 0.889. The predicted molar refractivity (Wildman–Crippen MR) is 59.9 cm³/mol. The van der Waals surface area contributed by atoms with Crippen LogP contribution in [-0.4, -0.2) is 38.5 Å². The molecule has 1 aliphatic rings. The molecule has 1 saturated carbocycles. The molecule has 1 aromatic heterocycles. The highest BCUT2D eigenvalue weighted by Crippen LogP contribution is 2.18. The first kappa shape index (κ1) is 10.9. The Morgan fingerprint density at radius 3 is 3.13 bits per heavy atom. The number of hydrogen-bond donors (Lipinski definition) is 1. The van der Waals surface area contributed by atoms with Crippen LogP contribution in [0.4, 0.5) is 0 Å². The molecule has 84 valence electrons. The Kier molecular flexibility index (Phi) is 3.96. The van der Waals surface area contributed by atoms with Crippen molar-refractivity contribution in [2.45, 2.75) is 43.9 Å². The van der Waals surface area contributed by atoms with Crippen LogP contribution in [-0.2, 0) is 6.54 Å². The van der Waals surface area contributed by atoms with Gasteiger partial charge in [0.15, 0.2) is 0 Å². The van der Waals surface area contributed by atoms with E-state index in [1.807, 2.05) is 4.68 Å². The molecule has 0 radical (unpaired) electrons. The van der Waals surface area contributed by atoms with Crippen molar-refractivity contribution in [3.63, 3.8) is 0 Å². The SMILES string of the molecule is CCCSc1nnnn1CCNC1CC1. The van der Waals surface area contributed by atoms with Gasteiger partial charge in [0.2, 0.25) is 5.16 Å². The van der Waals surface area contributed by atoms with Crippen LogP contribution in [0.15, 0.2) is 5.16 Å². The molecule has 15 heavy (non-hydrogen) atoms. The number of nitrogens with one attached hydrogen (secondary N) is 1. The van der Waals surface area contributed by atoms with E-state index in [1.54, 1.807) is 11.8 Å². The maximum atomic E-state index is 4.00. The fourth-order valence-electron chi connectivity index (χ4n) is 1.30. The van der Waals surface area contributed by atoms with Gasteiger partial charge >= 0.3 is 0 Å². The van der Waals surface area contributed by atoms with Crippen LogP contribution in [0.5, 0.6) is 0 Å². The van der Waals surface area contributed by atoms with E-state index < -0.39 is 0 Å². The Balaban J connectivity index is 1.75. The van der Waals surface area contributed by atoms with Crippen LogP contribution in [0.1, 0.15) is 26.2 Å². The third-order valence-corrected chi connectivity index (χ3v) is 3.43. The molecule has 0 amide bonds. The van der Waals surface area contributed by atoms with Gasteiger partial charge in [0.1, 0.15) is 0 Å². The fourth-order valence-corrected chi connectivity index (χ4v) is 2.05. The highest BCUT2D eigenvalue weighted by Gasteiger charge is 2.19. The summed E-state index contributed by atoms with van der Waals surface area (Å²) in [7, 11) is 0. The van der Waals surface area contributed by atoms with Crippen molar-refractivity contribution in [3.05, 3.63) is 0 Å². The van der Waals surface area contributed by atoms with Crippen LogP contribution < -0.4 is 5.32 Å². The average molecular weight is 227 g/mol. The van der Waals surface area contributed by atoms with E-state index in [2.05, 4.69) is 27.8 Å². The minimum Gasteiger partial charge on any atom is -0.312 e. The number of nitrogens with zero attached hydrogens (tertiary/aromatic N) is 4. The Morgan fingerprint density at radius 2 is 2.40 bits per heavy atom. The van der Waals surface area contributed by atoms with Gasteiger partial charge in [-0.25, -0.2) is 4.68 Å². The number of rotatable bonds is 7. The smallest absolute Gasteiger partial charge is 0.209 e. The maximum Gasteiger partial charge on any atom is 0.209 e. The summed E-state index contributed by atoms with van der Waals surface area (Å²) in [5, 5.41) is 16.1. The molecule has 0 bridgehead atoms. The first-order chi connectivity index (χ1) is 7.40. The van der Waals surface area contributed by atoms with E-state index in [0.29, 0.717) is 0 Å². The van der Waals surface area contributed by atoms with Crippen molar-refractivity contribution in [2.24, 2.45) is 0 Å². The molecule has 0 spiro atoms. The third-order valence-electron chi connectivity index (χ3n) is 2.27. The van der Waals surface area contributed by atoms with Gasteiger partial charge in [0, 0.05) is 18.3 Å². The normalized spacial score (nSPS) is 15.8. The van der Waals surface area contributed by atoms with E-state index in [-0.39, 0.29) is 0 Å². The summed E-state index contributed by atoms with van der Waals surface area (Å²) in [6.45, 7) is 4.00. The van der Waals surface area contributed by atoms with Gasteiger partial charge in [-0.05, 0) is 29.7 Å². The lowest BCUT2D eigenvalue weighted by Gasteiger charge is -2.04. The molecule has 1 aromatic rings. The molecule has 1 fully saturated rings. The molecule has 2 rings (SSSR count). The molecule has 1 N–H and O–H groups in total. The molecule has 1 heterocycles. The third kappa shape index (κ3) is 3.46.